The van der Waals surface area contributed by atoms with Crippen molar-refractivity contribution in [2.45, 2.75) is 46.5 Å². The number of imide groups is 1. The van der Waals surface area contributed by atoms with Crippen molar-refractivity contribution >= 4 is 18.1 Å². The summed E-state index contributed by atoms with van der Waals surface area (Å²) in [5.41, 5.74) is 0. The third kappa shape index (κ3) is 15.4. The lowest BCUT2D eigenvalue weighted by Gasteiger charge is -2.10. The molecule has 1 N–H and O–H groups in total. The number of aldehydes is 1. The van der Waals surface area contributed by atoms with E-state index in [2.05, 4.69) is 26.1 Å². The summed E-state index contributed by atoms with van der Waals surface area (Å²) in [4.78, 5) is 32.5. The molecule has 0 saturated carbocycles. The van der Waals surface area contributed by atoms with Crippen molar-refractivity contribution in [2.75, 3.05) is 33.9 Å². The predicted octanol–water partition coefficient (Wildman–Crippen LogP) is 2.19. The lowest BCUT2D eigenvalue weighted by molar-refractivity contribution is -0.136. The highest BCUT2D eigenvalue weighted by Crippen LogP contribution is 2.02. The van der Waals surface area contributed by atoms with E-state index >= 15 is 0 Å². The molecule has 6 heteroatoms. The van der Waals surface area contributed by atoms with E-state index in [0.717, 1.165) is 24.0 Å². The molecule has 0 aromatic carbocycles. The second-order valence-corrected chi connectivity index (χ2v) is 5.75. The summed E-state index contributed by atoms with van der Waals surface area (Å²) in [6.07, 6.45) is 7.06. The fraction of sp³-hybridized carbons (Fsp3) is 0.722. The standard InChI is InChI=1S/C7H7NO3.C6H14O.C5H13N/c9-5-1-4-8-6(10)2-3-7(8)11;1-6(2)4-5-7-3;1-3-4-5-6-2/h2-3,5H,1,4H2;6H,4-5H2,1-3H3;6H,3-5H2,1-2H3. The first-order valence-electron chi connectivity index (χ1n) is 8.55. The lowest BCUT2D eigenvalue weighted by Crippen LogP contribution is -2.30. The Labute approximate surface area is 146 Å². The molecular formula is C18H34N2O4. The molecule has 0 aliphatic carbocycles. The topological polar surface area (TPSA) is 75.7 Å². The van der Waals surface area contributed by atoms with Crippen LogP contribution in [0.15, 0.2) is 12.2 Å². The zero-order chi connectivity index (χ0) is 18.8. The van der Waals surface area contributed by atoms with E-state index < -0.39 is 0 Å². The van der Waals surface area contributed by atoms with Gasteiger partial charge in [-0.2, -0.15) is 0 Å². The highest BCUT2D eigenvalue weighted by atomic mass is 16.5. The molecule has 24 heavy (non-hydrogen) atoms. The van der Waals surface area contributed by atoms with Crippen LogP contribution in [-0.4, -0.2) is 56.9 Å². The van der Waals surface area contributed by atoms with Gasteiger partial charge in [0.05, 0.1) is 0 Å². The van der Waals surface area contributed by atoms with Gasteiger partial charge in [-0.15, -0.1) is 0 Å². The highest BCUT2D eigenvalue weighted by Gasteiger charge is 2.21. The number of rotatable bonds is 9. The van der Waals surface area contributed by atoms with Gasteiger partial charge in [0.1, 0.15) is 6.29 Å². The molecule has 1 aliphatic heterocycles. The van der Waals surface area contributed by atoms with Gasteiger partial charge in [-0.1, -0.05) is 27.2 Å². The maximum Gasteiger partial charge on any atom is 0.253 e. The van der Waals surface area contributed by atoms with Crippen LogP contribution in [0.2, 0.25) is 0 Å². The molecule has 6 nitrogen and oxygen atoms in total. The summed E-state index contributed by atoms with van der Waals surface area (Å²) in [5.74, 6) is 0.105. The van der Waals surface area contributed by atoms with E-state index in [4.69, 9.17) is 4.74 Å². The van der Waals surface area contributed by atoms with Crippen molar-refractivity contribution in [1.82, 2.24) is 10.2 Å². The highest BCUT2D eigenvalue weighted by molar-refractivity contribution is 6.12. The van der Waals surface area contributed by atoms with E-state index in [1.54, 1.807) is 7.11 Å². The molecule has 0 aromatic rings. The normalized spacial score (nSPS) is 12.7. The second-order valence-electron chi connectivity index (χ2n) is 5.75. The fourth-order valence-electron chi connectivity index (χ4n) is 1.54. The Morgan fingerprint density at radius 1 is 1.25 bits per heavy atom. The monoisotopic (exact) mass is 342 g/mol. The van der Waals surface area contributed by atoms with Gasteiger partial charge < -0.3 is 14.8 Å². The fourth-order valence-corrected chi connectivity index (χ4v) is 1.54. The van der Waals surface area contributed by atoms with Crippen molar-refractivity contribution in [3.05, 3.63) is 12.2 Å². The number of carbonyl (C=O) groups is 3. The number of amides is 2. The van der Waals surface area contributed by atoms with Crippen LogP contribution in [-0.2, 0) is 19.1 Å². The van der Waals surface area contributed by atoms with Crippen molar-refractivity contribution < 1.29 is 19.1 Å². The summed E-state index contributed by atoms with van der Waals surface area (Å²) in [5, 5.41) is 3.07. The molecule has 1 heterocycles. The van der Waals surface area contributed by atoms with Crippen molar-refractivity contribution in [3.8, 4) is 0 Å². The zero-order valence-electron chi connectivity index (χ0n) is 15.8. The van der Waals surface area contributed by atoms with Gasteiger partial charge >= 0.3 is 0 Å². The maximum absolute atomic E-state index is 10.8. The van der Waals surface area contributed by atoms with Crippen LogP contribution < -0.4 is 5.32 Å². The number of carbonyl (C=O) groups excluding carboxylic acids is 3. The first-order valence-corrected chi connectivity index (χ1v) is 8.55. The van der Waals surface area contributed by atoms with E-state index in [1.165, 1.54) is 31.4 Å². The van der Waals surface area contributed by atoms with Gasteiger partial charge in [0.25, 0.3) is 11.8 Å². The second kappa shape index (κ2) is 17.8. The predicted molar refractivity (Wildman–Crippen MR) is 96.7 cm³/mol. The molecule has 0 atom stereocenters. The summed E-state index contributed by atoms with van der Waals surface area (Å²) >= 11 is 0. The Balaban J connectivity index is 0. The molecule has 0 unspecified atom stereocenters. The lowest BCUT2D eigenvalue weighted by atomic mass is 10.1. The van der Waals surface area contributed by atoms with E-state index in [9.17, 15) is 14.4 Å². The van der Waals surface area contributed by atoms with Crippen LogP contribution in [0.3, 0.4) is 0 Å². The SMILES string of the molecule is CCCCNC.COCCC(C)C.O=CCCN1C(=O)C=CC1=O. The average molecular weight is 342 g/mol. The van der Waals surface area contributed by atoms with Gasteiger partial charge in [0.2, 0.25) is 0 Å². The van der Waals surface area contributed by atoms with Crippen molar-refractivity contribution in [3.63, 3.8) is 0 Å². The molecule has 0 radical (unpaired) electrons. The van der Waals surface area contributed by atoms with Gasteiger partial charge in [-0.25, -0.2) is 0 Å². The molecule has 140 valence electrons. The van der Waals surface area contributed by atoms with Crippen LogP contribution in [0.4, 0.5) is 0 Å². The minimum absolute atomic E-state index is 0.189. The number of nitrogens with zero attached hydrogens (tertiary/aromatic N) is 1. The molecule has 1 rings (SSSR count). The number of methoxy groups -OCH3 is 1. The van der Waals surface area contributed by atoms with Crippen LogP contribution in [0, 0.1) is 5.92 Å². The third-order valence-corrected chi connectivity index (χ3v) is 3.05. The molecule has 0 spiro atoms. The molecule has 0 bridgehead atoms. The number of ether oxygens (including phenoxy) is 1. The smallest absolute Gasteiger partial charge is 0.253 e. The first-order chi connectivity index (χ1) is 11.4. The molecule has 1 aliphatic rings. The van der Waals surface area contributed by atoms with Gasteiger partial charge in [-0.05, 0) is 32.4 Å². The Hall–Kier alpha value is -1.53. The number of hydrogen-bond donors (Lipinski definition) is 1. The van der Waals surface area contributed by atoms with Crippen molar-refractivity contribution in [2.24, 2.45) is 5.92 Å². The maximum atomic E-state index is 10.8. The Bertz CT molecular complexity index is 346. The molecule has 0 saturated heterocycles. The Morgan fingerprint density at radius 2 is 1.83 bits per heavy atom. The largest absolute Gasteiger partial charge is 0.385 e. The minimum Gasteiger partial charge on any atom is -0.385 e. The molecule has 2 amide bonds. The third-order valence-electron chi connectivity index (χ3n) is 3.05. The average Bonchev–Trinajstić information content (AvgIpc) is 2.88. The van der Waals surface area contributed by atoms with Crippen LogP contribution in [0.1, 0.15) is 46.5 Å². The molecule has 0 fully saturated rings. The van der Waals surface area contributed by atoms with Gasteiger partial charge in [0.15, 0.2) is 0 Å². The summed E-state index contributed by atoms with van der Waals surface area (Å²) in [6.45, 7) is 8.83. The van der Waals surface area contributed by atoms with Crippen molar-refractivity contribution in [1.29, 1.82) is 0 Å². The van der Waals surface area contributed by atoms with Crippen LogP contribution in [0.25, 0.3) is 0 Å². The zero-order valence-corrected chi connectivity index (χ0v) is 15.8. The minimum atomic E-state index is -0.336. The number of nitrogens with one attached hydrogen (secondary N) is 1. The number of unbranched alkanes of at least 4 members (excludes halogenated alkanes) is 1. The first kappa shape index (κ1) is 24.7. The van der Waals surface area contributed by atoms with E-state index in [0.29, 0.717) is 6.29 Å². The number of hydrogen-bond acceptors (Lipinski definition) is 5. The molecular weight excluding hydrogens is 308 g/mol. The van der Waals surface area contributed by atoms with Crippen LogP contribution in [0.5, 0.6) is 0 Å². The summed E-state index contributed by atoms with van der Waals surface area (Å²) in [7, 11) is 3.72. The quantitative estimate of drug-likeness (QED) is 0.395. The van der Waals surface area contributed by atoms with Gasteiger partial charge in [0, 0.05) is 38.8 Å². The Kier molecular flexibility index (Phi) is 18.4. The molecule has 0 aromatic heterocycles. The van der Waals surface area contributed by atoms with E-state index in [-0.39, 0.29) is 24.8 Å². The van der Waals surface area contributed by atoms with Gasteiger partial charge in [-0.3, -0.25) is 14.5 Å². The summed E-state index contributed by atoms with van der Waals surface area (Å²) in [6, 6.07) is 0. The Morgan fingerprint density at radius 3 is 2.12 bits per heavy atom. The van der Waals surface area contributed by atoms with Crippen LogP contribution >= 0.6 is 0 Å². The van der Waals surface area contributed by atoms with E-state index in [1.807, 2.05) is 7.05 Å². The summed E-state index contributed by atoms with van der Waals surface area (Å²) < 4.78 is 4.85.